The molecular weight excluding hydrogens is 330 g/mol. The summed E-state index contributed by atoms with van der Waals surface area (Å²) in [4.78, 5) is 16.7. The molecule has 2 fully saturated rings. The van der Waals surface area contributed by atoms with E-state index < -0.39 is 6.03 Å². The maximum atomic E-state index is 12.5. The maximum absolute atomic E-state index is 12.5. The van der Waals surface area contributed by atoms with Crippen molar-refractivity contribution < 1.29 is 9.21 Å². The Balaban J connectivity index is 1.71. The van der Waals surface area contributed by atoms with Crippen LogP contribution in [0.25, 0.3) is 11.5 Å². The van der Waals surface area contributed by atoms with Gasteiger partial charge >= 0.3 is 6.03 Å². The van der Waals surface area contributed by atoms with Gasteiger partial charge in [0.25, 0.3) is 0 Å². The van der Waals surface area contributed by atoms with E-state index >= 15 is 0 Å². The quantitative estimate of drug-likeness (QED) is 0.914. The largest absolute Gasteiger partial charge is 0.421 e. The number of piperidine rings is 2. The van der Waals surface area contributed by atoms with Crippen LogP contribution >= 0.6 is 0 Å². The fraction of sp³-hybridized carbons (Fsp3) is 0.526. The number of aryl methyl sites for hydroxylation is 1. The number of rotatable bonds is 3. The third-order valence-corrected chi connectivity index (χ3v) is 5.84. The van der Waals surface area contributed by atoms with Crippen molar-refractivity contribution in [2.45, 2.75) is 57.2 Å². The first-order chi connectivity index (χ1) is 12.5. The number of fused-ring (bicyclic) bond motifs is 2. The zero-order valence-corrected chi connectivity index (χ0v) is 15.3. The first kappa shape index (κ1) is 17.0. The monoisotopic (exact) mass is 355 g/mol. The van der Waals surface area contributed by atoms with Crippen molar-refractivity contribution in [2.24, 2.45) is 5.73 Å². The summed E-state index contributed by atoms with van der Waals surface area (Å²) in [6, 6.07) is 8.29. The van der Waals surface area contributed by atoms with Crippen LogP contribution in [0.15, 0.2) is 28.7 Å². The lowest BCUT2D eigenvalue weighted by Crippen LogP contribution is -2.57. The van der Waals surface area contributed by atoms with Crippen LogP contribution in [0, 0.1) is 6.92 Å². The van der Waals surface area contributed by atoms with Gasteiger partial charge in [-0.2, -0.15) is 0 Å². The van der Waals surface area contributed by atoms with E-state index in [4.69, 9.17) is 10.2 Å². The summed E-state index contributed by atoms with van der Waals surface area (Å²) in [5.74, 6) is 0.909. The van der Waals surface area contributed by atoms with Crippen molar-refractivity contribution in [3.63, 3.8) is 0 Å². The molecule has 0 unspecified atom stereocenters. The first-order valence-electron chi connectivity index (χ1n) is 9.24. The highest BCUT2D eigenvalue weighted by atomic mass is 16.4. The number of primary amides is 1. The van der Waals surface area contributed by atoms with Gasteiger partial charge in [-0.15, -0.1) is 10.2 Å². The lowest BCUT2D eigenvalue weighted by Gasteiger charge is -2.49. The smallest absolute Gasteiger partial charge is 0.319 e. The van der Waals surface area contributed by atoms with Crippen LogP contribution in [-0.4, -0.2) is 46.3 Å². The van der Waals surface area contributed by atoms with Crippen LogP contribution in [0.4, 0.5) is 10.5 Å². The molecule has 1 aromatic carbocycles. The minimum Gasteiger partial charge on any atom is -0.421 e. The number of urea groups is 1. The van der Waals surface area contributed by atoms with E-state index in [2.05, 4.69) is 22.1 Å². The van der Waals surface area contributed by atoms with Crippen LogP contribution in [0.1, 0.15) is 38.0 Å². The van der Waals surface area contributed by atoms with E-state index in [0.717, 1.165) is 24.1 Å². The molecule has 3 heterocycles. The van der Waals surface area contributed by atoms with E-state index in [0.29, 0.717) is 23.9 Å². The van der Waals surface area contributed by atoms with Gasteiger partial charge in [-0.3, -0.25) is 4.90 Å². The second-order valence-electron chi connectivity index (χ2n) is 7.38. The Morgan fingerprint density at radius 3 is 2.54 bits per heavy atom. The number of nitrogens with zero attached hydrogens (tertiary/aromatic N) is 4. The van der Waals surface area contributed by atoms with E-state index in [1.165, 1.54) is 19.3 Å². The molecule has 0 radical (unpaired) electrons. The third-order valence-electron chi connectivity index (χ3n) is 5.84. The maximum Gasteiger partial charge on any atom is 0.319 e. The molecule has 2 aliphatic heterocycles. The van der Waals surface area contributed by atoms with Gasteiger partial charge in [-0.05, 0) is 44.9 Å². The Morgan fingerprint density at radius 1 is 1.23 bits per heavy atom. The summed E-state index contributed by atoms with van der Waals surface area (Å²) in [6.07, 6.45) is 5.50. The molecule has 2 aromatic rings. The second kappa shape index (κ2) is 6.72. The summed E-state index contributed by atoms with van der Waals surface area (Å²) in [5, 5.41) is 8.05. The number of carbonyl (C=O) groups is 1. The molecular formula is C19H25N5O2. The fourth-order valence-corrected chi connectivity index (χ4v) is 4.56. The second-order valence-corrected chi connectivity index (χ2v) is 7.38. The van der Waals surface area contributed by atoms with Crippen molar-refractivity contribution in [1.82, 2.24) is 15.1 Å². The minimum absolute atomic E-state index is 0.0872. The van der Waals surface area contributed by atoms with Gasteiger partial charge in [0.1, 0.15) is 0 Å². The summed E-state index contributed by atoms with van der Waals surface area (Å²) in [7, 11) is 2.20. The number of carbonyl (C=O) groups excluding carboxylic acids is 1. The summed E-state index contributed by atoms with van der Waals surface area (Å²) in [5.41, 5.74) is 7.34. The Labute approximate surface area is 153 Å². The van der Waals surface area contributed by atoms with Gasteiger partial charge in [-0.1, -0.05) is 18.6 Å². The molecule has 138 valence electrons. The summed E-state index contributed by atoms with van der Waals surface area (Å²) >= 11 is 0. The zero-order chi connectivity index (χ0) is 18.3. The molecule has 2 amide bonds. The number of nitrogens with two attached hydrogens (primary N) is 1. The molecule has 2 aliphatic rings. The number of amides is 2. The van der Waals surface area contributed by atoms with E-state index in [9.17, 15) is 4.79 Å². The Bertz CT molecular complexity index is 791. The van der Waals surface area contributed by atoms with Gasteiger partial charge in [-0.25, -0.2) is 4.79 Å². The van der Waals surface area contributed by atoms with Gasteiger partial charge in [0, 0.05) is 25.0 Å². The number of anilines is 1. The molecule has 3 atom stereocenters. The van der Waals surface area contributed by atoms with Gasteiger partial charge < -0.3 is 15.1 Å². The highest BCUT2D eigenvalue weighted by Gasteiger charge is 2.40. The van der Waals surface area contributed by atoms with Crippen LogP contribution in [0.3, 0.4) is 0 Å². The first-order valence-corrected chi connectivity index (χ1v) is 9.24. The van der Waals surface area contributed by atoms with Crippen LogP contribution < -0.4 is 10.6 Å². The number of hydrogen-bond donors (Lipinski definition) is 1. The molecule has 0 aliphatic carbocycles. The number of para-hydroxylation sites is 1. The summed E-state index contributed by atoms with van der Waals surface area (Å²) < 4.78 is 5.61. The molecule has 2 saturated heterocycles. The lowest BCUT2D eigenvalue weighted by molar-refractivity contribution is 0.0564. The van der Waals surface area contributed by atoms with Crippen molar-refractivity contribution in [1.29, 1.82) is 0 Å². The normalized spacial score (nSPS) is 25.8. The molecule has 7 heteroatoms. The van der Waals surface area contributed by atoms with Gasteiger partial charge in [0.15, 0.2) is 0 Å². The highest BCUT2D eigenvalue weighted by Crippen LogP contribution is 2.38. The van der Waals surface area contributed by atoms with E-state index in [-0.39, 0.29) is 6.04 Å². The van der Waals surface area contributed by atoms with Crippen LogP contribution in [0.5, 0.6) is 0 Å². The molecule has 2 N–H and O–H groups in total. The highest BCUT2D eigenvalue weighted by molar-refractivity contribution is 5.95. The van der Waals surface area contributed by atoms with Crippen molar-refractivity contribution in [3.05, 3.63) is 30.2 Å². The Kier molecular flexibility index (Phi) is 4.40. The van der Waals surface area contributed by atoms with E-state index in [1.54, 1.807) is 11.8 Å². The van der Waals surface area contributed by atoms with E-state index in [1.807, 2.05) is 24.3 Å². The Morgan fingerprint density at radius 2 is 1.92 bits per heavy atom. The summed E-state index contributed by atoms with van der Waals surface area (Å²) in [6.45, 7) is 1.75. The average molecular weight is 355 g/mol. The fourth-order valence-electron chi connectivity index (χ4n) is 4.56. The predicted octanol–water partition coefficient (Wildman–Crippen LogP) is 2.95. The number of aromatic nitrogens is 2. The van der Waals surface area contributed by atoms with Crippen molar-refractivity contribution >= 4 is 11.7 Å². The Hall–Kier alpha value is -2.41. The number of benzene rings is 1. The predicted molar refractivity (Wildman–Crippen MR) is 98.7 cm³/mol. The number of hydrogen-bond acceptors (Lipinski definition) is 5. The van der Waals surface area contributed by atoms with Gasteiger partial charge in [0.05, 0.1) is 11.3 Å². The third kappa shape index (κ3) is 2.96. The molecule has 2 bridgehead atoms. The average Bonchev–Trinajstić information content (AvgIpc) is 3.02. The SMILES string of the molecule is Cc1nnc(-c2ccccc2N(C(N)=O)[C@H]2C[C@H]3CCC[C@@H](C2)N3C)o1. The molecule has 0 spiro atoms. The van der Waals surface area contributed by atoms with Crippen molar-refractivity contribution in [2.75, 3.05) is 11.9 Å². The molecule has 4 rings (SSSR count). The van der Waals surface area contributed by atoms with Crippen LogP contribution in [0.2, 0.25) is 0 Å². The van der Waals surface area contributed by atoms with Gasteiger partial charge in [0.2, 0.25) is 11.8 Å². The lowest BCUT2D eigenvalue weighted by atomic mass is 9.81. The molecule has 26 heavy (non-hydrogen) atoms. The van der Waals surface area contributed by atoms with Crippen molar-refractivity contribution in [3.8, 4) is 11.5 Å². The molecule has 0 saturated carbocycles. The standard InChI is InChI=1S/C19H25N5O2/c1-12-21-22-18(26-12)16-8-3-4-9-17(16)24(19(20)25)15-10-13-6-5-7-14(11-15)23(13)2/h3-4,8-9,13-15H,5-7,10-11H2,1-2H3,(H2,20,25)/t13-,14+,15+. The van der Waals surface area contributed by atoms with Crippen LogP contribution in [-0.2, 0) is 0 Å². The zero-order valence-electron chi connectivity index (χ0n) is 15.3. The molecule has 7 nitrogen and oxygen atoms in total. The topological polar surface area (TPSA) is 88.5 Å². The molecule has 1 aromatic heterocycles. The minimum atomic E-state index is -0.429.